The van der Waals surface area contributed by atoms with Crippen LogP contribution in [0.15, 0.2) is 54.6 Å². The molecule has 0 aliphatic carbocycles. The number of nitrogens with zero attached hydrogens (tertiary/aromatic N) is 1. The summed E-state index contributed by atoms with van der Waals surface area (Å²) in [4.78, 5) is 24.2. The van der Waals surface area contributed by atoms with Gasteiger partial charge in [-0.3, -0.25) is 9.89 Å². The fourth-order valence-electron chi connectivity index (χ4n) is 3.02. The zero-order valence-corrected chi connectivity index (χ0v) is 15.1. The Kier molecular flexibility index (Phi) is 5.40. The number of ether oxygens (including phenoxy) is 1. The first-order valence-electron chi connectivity index (χ1n) is 8.70. The van der Waals surface area contributed by atoms with Crippen LogP contribution >= 0.6 is 0 Å². The molecule has 1 heterocycles. The van der Waals surface area contributed by atoms with Gasteiger partial charge in [0.2, 0.25) is 0 Å². The minimum Gasteiger partial charge on any atom is -0.433 e. The van der Waals surface area contributed by atoms with Crippen LogP contribution in [0.2, 0.25) is 0 Å². The zero-order valence-electron chi connectivity index (χ0n) is 15.1. The number of amides is 2. The molecule has 0 bridgehead atoms. The van der Waals surface area contributed by atoms with E-state index in [0.29, 0.717) is 18.7 Å². The minimum absolute atomic E-state index is 0.133. The quantitative estimate of drug-likeness (QED) is 0.596. The van der Waals surface area contributed by atoms with Crippen LogP contribution in [-0.2, 0) is 22.4 Å². The molecule has 2 aromatic carbocycles. The van der Waals surface area contributed by atoms with E-state index in [9.17, 15) is 9.59 Å². The van der Waals surface area contributed by atoms with Crippen molar-refractivity contribution in [3.05, 3.63) is 65.9 Å². The molecular weight excluding hydrogens is 344 g/mol. The van der Waals surface area contributed by atoms with E-state index >= 15 is 0 Å². The van der Waals surface area contributed by atoms with Crippen molar-refractivity contribution in [1.29, 1.82) is 0 Å². The van der Waals surface area contributed by atoms with Gasteiger partial charge in [-0.1, -0.05) is 48.5 Å². The van der Waals surface area contributed by atoms with E-state index in [4.69, 9.17) is 10.5 Å². The van der Waals surface area contributed by atoms with Crippen LogP contribution in [-0.4, -0.2) is 34.3 Å². The summed E-state index contributed by atoms with van der Waals surface area (Å²) < 4.78 is 5.20. The van der Waals surface area contributed by atoms with Crippen LogP contribution in [0, 0.1) is 0 Å². The fraction of sp³-hybridized carbons (Fsp3) is 0.250. The largest absolute Gasteiger partial charge is 0.433 e. The summed E-state index contributed by atoms with van der Waals surface area (Å²) in [6.07, 6.45) is -0.195. The minimum atomic E-state index is -1.45. The van der Waals surface area contributed by atoms with Gasteiger partial charge in [0.15, 0.2) is 5.60 Å². The number of aromatic amines is 1. The molecule has 7 heteroatoms. The van der Waals surface area contributed by atoms with Gasteiger partial charge in [0.05, 0.1) is 5.52 Å². The lowest BCUT2D eigenvalue weighted by Gasteiger charge is -2.27. The van der Waals surface area contributed by atoms with Gasteiger partial charge in [-0.05, 0) is 25.0 Å². The number of carbonyl (C=O) groups is 2. The molecule has 0 aliphatic heterocycles. The average molecular weight is 366 g/mol. The highest BCUT2D eigenvalue weighted by Gasteiger charge is 2.38. The van der Waals surface area contributed by atoms with Gasteiger partial charge < -0.3 is 15.8 Å². The van der Waals surface area contributed by atoms with Crippen LogP contribution in [0.25, 0.3) is 10.9 Å². The molecular formula is C20H22N4O3. The van der Waals surface area contributed by atoms with E-state index in [1.54, 1.807) is 6.92 Å². The van der Waals surface area contributed by atoms with Crippen LogP contribution in [0.4, 0.5) is 4.79 Å². The summed E-state index contributed by atoms with van der Waals surface area (Å²) in [5.41, 5.74) is 6.35. The third-order valence-corrected chi connectivity index (χ3v) is 4.40. The van der Waals surface area contributed by atoms with Crippen molar-refractivity contribution in [1.82, 2.24) is 15.5 Å². The Morgan fingerprint density at radius 2 is 1.85 bits per heavy atom. The molecule has 4 N–H and O–H groups in total. The molecule has 3 rings (SSSR count). The van der Waals surface area contributed by atoms with E-state index in [-0.39, 0.29) is 6.42 Å². The maximum absolute atomic E-state index is 12.8. The molecule has 0 saturated carbocycles. The lowest BCUT2D eigenvalue weighted by Crippen LogP contribution is -2.50. The maximum Gasteiger partial charge on any atom is 0.405 e. The highest BCUT2D eigenvalue weighted by Crippen LogP contribution is 2.23. The molecule has 3 aromatic rings. The topological polar surface area (TPSA) is 110 Å². The van der Waals surface area contributed by atoms with E-state index < -0.39 is 17.6 Å². The number of hydrogen-bond acceptors (Lipinski definition) is 4. The number of hydrogen-bond donors (Lipinski definition) is 3. The van der Waals surface area contributed by atoms with Crippen molar-refractivity contribution in [2.75, 3.05) is 6.54 Å². The first kappa shape index (κ1) is 18.4. The third-order valence-electron chi connectivity index (χ3n) is 4.40. The van der Waals surface area contributed by atoms with E-state index in [1.165, 1.54) is 0 Å². The highest BCUT2D eigenvalue weighted by atomic mass is 16.6. The fourth-order valence-corrected chi connectivity index (χ4v) is 3.02. The SMILES string of the molecule is CC(Cc1[nH]nc2ccccc12)(OC(N)=O)C(=O)NCCc1ccccc1. The number of aromatic nitrogens is 2. The van der Waals surface area contributed by atoms with E-state index in [2.05, 4.69) is 15.5 Å². The number of rotatable bonds is 7. The van der Waals surface area contributed by atoms with Crippen molar-refractivity contribution in [2.45, 2.75) is 25.4 Å². The van der Waals surface area contributed by atoms with Gasteiger partial charge in [-0.2, -0.15) is 5.10 Å². The molecule has 0 aliphatic rings. The molecule has 1 atom stereocenters. The van der Waals surface area contributed by atoms with Crippen molar-refractivity contribution >= 4 is 22.9 Å². The van der Waals surface area contributed by atoms with Crippen molar-refractivity contribution in [2.24, 2.45) is 5.73 Å². The molecule has 140 valence electrons. The van der Waals surface area contributed by atoms with Gasteiger partial charge in [-0.25, -0.2) is 4.79 Å². The van der Waals surface area contributed by atoms with Gasteiger partial charge >= 0.3 is 6.09 Å². The smallest absolute Gasteiger partial charge is 0.405 e. The summed E-state index contributed by atoms with van der Waals surface area (Å²) in [5, 5.41) is 10.8. The summed E-state index contributed by atoms with van der Waals surface area (Å²) in [5.74, 6) is -0.407. The third kappa shape index (κ3) is 4.44. The Morgan fingerprint density at radius 1 is 1.15 bits per heavy atom. The van der Waals surface area contributed by atoms with E-state index in [1.807, 2.05) is 54.6 Å². The molecule has 1 aromatic heterocycles. The normalized spacial score (nSPS) is 13.1. The molecule has 2 amide bonds. The number of para-hydroxylation sites is 1. The number of primary amides is 1. The predicted molar refractivity (Wildman–Crippen MR) is 102 cm³/mol. The van der Waals surface area contributed by atoms with Crippen LogP contribution < -0.4 is 11.1 Å². The Morgan fingerprint density at radius 3 is 2.59 bits per heavy atom. The zero-order chi connectivity index (χ0) is 19.3. The molecule has 0 spiro atoms. The second kappa shape index (κ2) is 7.90. The second-order valence-corrected chi connectivity index (χ2v) is 6.54. The van der Waals surface area contributed by atoms with Crippen molar-refractivity contribution in [3.63, 3.8) is 0 Å². The lowest BCUT2D eigenvalue weighted by atomic mass is 9.96. The number of nitrogens with two attached hydrogens (primary N) is 1. The van der Waals surface area contributed by atoms with E-state index in [0.717, 1.165) is 16.5 Å². The molecule has 27 heavy (non-hydrogen) atoms. The number of H-pyrrole nitrogens is 1. The van der Waals surface area contributed by atoms with Crippen LogP contribution in [0.3, 0.4) is 0 Å². The average Bonchev–Trinajstić information content (AvgIpc) is 3.04. The highest BCUT2D eigenvalue weighted by molar-refractivity contribution is 5.89. The Balaban J connectivity index is 1.73. The molecule has 0 saturated heterocycles. The van der Waals surface area contributed by atoms with Crippen LogP contribution in [0.5, 0.6) is 0 Å². The van der Waals surface area contributed by atoms with Gasteiger partial charge in [-0.15, -0.1) is 0 Å². The van der Waals surface area contributed by atoms with Gasteiger partial charge in [0, 0.05) is 24.0 Å². The van der Waals surface area contributed by atoms with Crippen molar-refractivity contribution in [3.8, 4) is 0 Å². The first-order valence-corrected chi connectivity index (χ1v) is 8.70. The maximum atomic E-state index is 12.8. The monoisotopic (exact) mass is 366 g/mol. The predicted octanol–water partition coefficient (Wildman–Crippen LogP) is 2.32. The molecule has 1 unspecified atom stereocenters. The summed E-state index contributed by atoms with van der Waals surface area (Å²) in [7, 11) is 0. The van der Waals surface area contributed by atoms with Crippen LogP contribution in [0.1, 0.15) is 18.2 Å². The number of carbonyl (C=O) groups excluding carboxylic acids is 2. The summed E-state index contributed by atoms with van der Waals surface area (Å²) in [6, 6.07) is 17.3. The Hall–Kier alpha value is -3.35. The van der Waals surface area contributed by atoms with Crippen molar-refractivity contribution < 1.29 is 14.3 Å². The standard InChI is InChI=1S/C20H22N4O3/c1-20(27-19(21)26,13-17-15-9-5-6-10-16(15)23-24-17)18(25)22-12-11-14-7-3-2-4-8-14/h2-10H,11-13H2,1H3,(H2,21,26)(H,22,25)(H,23,24). The molecule has 7 nitrogen and oxygen atoms in total. The Bertz CT molecular complexity index is 939. The lowest BCUT2D eigenvalue weighted by molar-refractivity contribution is -0.138. The first-order chi connectivity index (χ1) is 13.0. The number of benzene rings is 2. The van der Waals surface area contributed by atoms with Gasteiger partial charge in [0.1, 0.15) is 0 Å². The Labute approximate surface area is 156 Å². The number of nitrogens with one attached hydrogen (secondary N) is 2. The van der Waals surface area contributed by atoms with Gasteiger partial charge in [0.25, 0.3) is 5.91 Å². The summed E-state index contributed by atoms with van der Waals surface area (Å²) in [6.45, 7) is 1.97. The number of fused-ring (bicyclic) bond motifs is 1. The summed E-state index contributed by atoms with van der Waals surface area (Å²) >= 11 is 0. The second-order valence-electron chi connectivity index (χ2n) is 6.54. The molecule has 0 radical (unpaired) electrons. The molecule has 0 fully saturated rings.